The highest BCUT2D eigenvalue weighted by Gasteiger charge is 2.72. The summed E-state index contributed by atoms with van der Waals surface area (Å²) in [6, 6.07) is 0. The van der Waals surface area contributed by atoms with Crippen LogP contribution in [0.1, 0.15) is 99.3 Å². The molecule has 6 rings (SSSR count). The highest BCUT2D eigenvalue weighted by molar-refractivity contribution is 5.79. The minimum Gasteiger partial charge on any atom is -0.481 e. The normalized spacial score (nSPS) is 55.8. The third-order valence-corrected chi connectivity index (χ3v) is 15.6. The molecule has 0 aromatic rings. The predicted molar refractivity (Wildman–Crippen MR) is 168 cm³/mol. The van der Waals surface area contributed by atoms with Crippen molar-refractivity contribution in [3.63, 3.8) is 0 Å². The third kappa shape index (κ3) is 4.49. The number of carboxylic acid groups (broad SMARTS) is 1. The summed E-state index contributed by atoms with van der Waals surface area (Å²) in [5.41, 5.74) is -3.64. The van der Waals surface area contributed by atoms with Gasteiger partial charge in [-0.3, -0.25) is 9.59 Å². The van der Waals surface area contributed by atoms with Crippen LogP contribution in [0.2, 0.25) is 0 Å². The lowest BCUT2D eigenvalue weighted by atomic mass is 9.33. The van der Waals surface area contributed by atoms with Crippen LogP contribution in [-0.4, -0.2) is 96.7 Å². The van der Waals surface area contributed by atoms with Gasteiger partial charge < -0.3 is 45.2 Å². The number of carbonyl (C=O) groups is 2. The van der Waals surface area contributed by atoms with E-state index in [-0.39, 0.29) is 28.6 Å². The molecule has 0 spiro atoms. The van der Waals surface area contributed by atoms with Gasteiger partial charge in [0.25, 0.3) is 0 Å². The minimum absolute atomic E-state index is 0.126. The Morgan fingerprint density at radius 2 is 1.57 bits per heavy atom. The molecule has 11 heteroatoms. The number of aliphatic hydroxyl groups is 6. The standard InChI is InChI=1S/C36H56O11/c1-18-9-14-36(30(44)47-28-26(41)25(40)24(39)20(17-37)46-28)16-15-32(3)19(27(36)35(18,6)45)7-8-21-31(2)12-11-23(38)34(5,29(42)43)22(31)10-13-33(21,32)4/h7,18,20-28,37-41,45H,8-17H2,1-6H3,(H,42,43)/t18-,20+,21-,22+,23+,24+,25-,26-,27+,28-,31-,32-,33-,34-,35-,36+/m1/s1. The number of esters is 1. The van der Waals surface area contributed by atoms with Crippen LogP contribution < -0.4 is 0 Å². The summed E-state index contributed by atoms with van der Waals surface area (Å²) in [5.74, 6) is -2.37. The molecule has 11 nitrogen and oxygen atoms in total. The van der Waals surface area contributed by atoms with E-state index in [1.165, 1.54) is 0 Å². The van der Waals surface area contributed by atoms with Gasteiger partial charge >= 0.3 is 11.9 Å². The van der Waals surface area contributed by atoms with Crippen LogP contribution in [0.15, 0.2) is 11.6 Å². The summed E-state index contributed by atoms with van der Waals surface area (Å²) < 4.78 is 11.4. The number of hydrogen-bond acceptors (Lipinski definition) is 10. The maximum Gasteiger partial charge on any atom is 0.315 e. The first kappa shape index (κ1) is 35.2. The van der Waals surface area contributed by atoms with Gasteiger partial charge in [-0.25, -0.2) is 0 Å². The van der Waals surface area contributed by atoms with Crippen molar-refractivity contribution in [3.05, 3.63) is 11.6 Å². The van der Waals surface area contributed by atoms with Gasteiger partial charge in [0.1, 0.15) is 24.4 Å². The fraction of sp³-hybridized carbons (Fsp3) is 0.889. The Bertz CT molecular complexity index is 1310. The second-order valence-electron chi connectivity index (χ2n) is 17.3. The largest absolute Gasteiger partial charge is 0.481 e. The molecule has 1 aliphatic heterocycles. The van der Waals surface area contributed by atoms with Crippen molar-refractivity contribution in [2.45, 2.75) is 142 Å². The highest BCUT2D eigenvalue weighted by atomic mass is 16.7. The molecule has 0 bridgehead atoms. The molecule has 0 aromatic carbocycles. The fourth-order valence-corrected chi connectivity index (χ4v) is 12.2. The Balaban J connectivity index is 1.39. The Morgan fingerprint density at radius 3 is 2.21 bits per heavy atom. The first-order valence-electron chi connectivity index (χ1n) is 17.6. The van der Waals surface area contributed by atoms with Crippen molar-refractivity contribution < 1.29 is 54.8 Å². The number of allylic oxidation sites excluding steroid dienone is 1. The molecule has 6 aliphatic rings. The number of carboxylic acids is 1. The summed E-state index contributed by atoms with van der Waals surface area (Å²) in [4.78, 5) is 27.2. The maximum absolute atomic E-state index is 14.5. The zero-order valence-corrected chi connectivity index (χ0v) is 28.7. The SMILES string of the molecule is C[C@@H]1CC[C@]2(C(=O)O[C@H]3O[C@@H](CO)[C@H](O)[C@@H](O)[C@H]3O)CC[C@]3(C)C(=CC[C@@H]4[C@@]5(C)CC[C@H](O)[C@](C)(C(=O)O)[C@H]5CC[C@]43C)[C@H]2[C@]1(C)O. The summed E-state index contributed by atoms with van der Waals surface area (Å²) in [6.45, 7) is 11.7. The first-order chi connectivity index (χ1) is 21.8. The van der Waals surface area contributed by atoms with E-state index in [1.54, 1.807) is 13.8 Å². The number of aliphatic carboxylic acids is 1. The summed E-state index contributed by atoms with van der Waals surface area (Å²) in [7, 11) is 0. The molecule has 0 radical (unpaired) electrons. The van der Waals surface area contributed by atoms with Crippen molar-refractivity contribution in [1.82, 2.24) is 0 Å². The van der Waals surface area contributed by atoms with E-state index in [4.69, 9.17) is 9.47 Å². The quantitative estimate of drug-likeness (QED) is 0.172. The molecule has 4 saturated carbocycles. The van der Waals surface area contributed by atoms with E-state index in [2.05, 4.69) is 26.8 Å². The van der Waals surface area contributed by atoms with Gasteiger partial charge in [0, 0.05) is 5.92 Å². The molecule has 0 amide bonds. The summed E-state index contributed by atoms with van der Waals surface area (Å²) in [6.07, 6.45) is -1.18. The Hall–Kier alpha value is -1.60. The van der Waals surface area contributed by atoms with Crippen molar-refractivity contribution in [3.8, 4) is 0 Å². The zero-order chi connectivity index (χ0) is 34.7. The average Bonchev–Trinajstić information content (AvgIpc) is 3.01. The Labute approximate surface area is 277 Å². The molecule has 0 aromatic heterocycles. The van der Waals surface area contributed by atoms with Gasteiger partial charge in [0.05, 0.1) is 29.1 Å². The summed E-state index contributed by atoms with van der Waals surface area (Å²) in [5, 5.41) is 74.8. The number of carbonyl (C=O) groups excluding carboxylic acids is 1. The van der Waals surface area contributed by atoms with Crippen LogP contribution in [-0.2, 0) is 19.1 Å². The topological polar surface area (TPSA) is 194 Å². The van der Waals surface area contributed by atoms with Gasteiger partial charge in [0.15, 0.2) is 0 Å². The van der Waals surface area contributed by atoms with E-state index in [9.17, 15) is 45.3 Å². The van der Waals surface area contributed by atoms with Gasteiger partial charge in [-0.05, 0) is 106 Å². The molecule has 5 aliphatic carbocycles. The van der Waals surface area contributed by atoms with Gasteiger partial charge in [-0.15, -0.1) is 0 Å². The molecular formula is C36H56O11. The van der Waals surface area contributed by atoms with Crippen molar-refractivity contribution in [2.75, 3.05) is 6.61 Å². The fourth-order valence-electron chi connectivity index (χ4n) is 12.2. The van der Waals surface area contributed by atoms with Gasteiger partial charge in [-0.1, -0.05) is 39.3 Å². The molecule has 1 saturated heterocycles. The van der Waals surface area contributed by atoms with Crippen LogP contribution in [0.25, 0.3) is 0 Å². The number of rotatable bonds is 4. The smallest absolute Gasteiger partial charge is 0.315 e. The van der Waals surface area contributed by atoms with E-state index in [0.29, 0.717) is 44.9 Å². The lowest BCUT2D eigenvalue weighted by Gasteiger charge is -2.71. The van der Waals surface area contributed by atoms with Crippen LogP contribution >= 0.6 is 0 Å². The molecule has 47 heavy (non-hydrogen) atoms. The second-order valence-corrected chi connectivity index (χ2v) is 17.3. The van der Waals surface area contributed by atoms with E-state index in [1.807, 2.05) is 6.92 Å². The lowest BCUT2D eigenvalue weighted by Crippen LogP contribution is -2.69. The molecular weight excluding hydrogens is 608 g/mol. The van der Waals surface area contributed by atoms with E-state index < -0.39 is 83.1 Å². The maximum atomic E-state index is 14.5. The third-order valence-electron chi connectivity index (χ3n) is 15.6. The Kier molecular flexibility index (Phi) is 8.40. The average molecular weight is 665 g/mol. The van der Waals surface area contributed by atoms with Crippen LogP contribution in [0.4, 0.5) is 0 Å². The monoisotopic (exact) mass is 664 g/mol. The van der Waals surface area contributed by atoms with Crippen molar-refractivity contribution in [1.29, 1.82) is 0 Å². The zero-order valence-electron chi connectivity index (χ0n) is 28.7. The molecule has 266 valence electrons. The molecule has 0 unspecified atom stereocenters. The Morgan fingerprint density at radius 1 is 0.894 bits per heavy atom. The number of aliphatic hydroxyl groups excluding tert-OH is 5. The van der Waals surface area contributed by atoms with Crippen LogP contribution in [0.5, 0.6) is 0 Å². The molecule has 7 N–H and O–H groups in total. The van der Waals surface area contributed by atoms with Crippen LogP contribution in [0.3, 0.4) is 0 Å². The second kappa shape index (κ2) is 11.2. The number of fused-ring (bicyclic) bond motifs is 7. The van der Waals surface area contributed by atoms with Gasteiger partial charge in [-0.2, -0.15) is 0 Å². The highest BCUT2D eigenvalue weighted by Crippen LogP contribution is 2.76. The van der Waals surface area contributed by atoms with Crippen LogP contribution in [0, 0.1) is 50.7 Å². The molecule has 16 atom stereocenters. The summed E-state index contributed by atoms with van der Waals surface area (Å²) >= 11 is 0. The van der Waals surface area contributed by atoms with Crippen molar-refractivity contribution >= 4 is 11.9 Å². The number of ether oxygens (including phenoxy) is 2. The van der Waals surface area contributed by atoms with Crippen molar-refractivity contribution in [2.24, 2.45) is 50.7 Å². The molecule has 1 heterocycles. The lowest BCUT2D eigenvalue weighted by molar-refractivity contribution is -0.299. The van der Waals surface area contributed by atoms with Gasteiger partial charge in [0.2, 0.25) is 6.29 Å². The predicted octanol–water partition coefficient (Wildman–Crippen LogP) is 2.53. The van der Waals surface area contributed by atoms with E-state index in [0.717, 1.165) is 18.4 Å². The number of hydrogen-bond donors (Lipinski definition) is 7. The first-order valence-corrected chi connectivity index (χ1v) is 17.6. The minimum atomic E-state index is -1.72. The van der Waals surface area contributed by atoms with E-state index >= 15 is 0 Å². The molecule has 5 fully saturated rings.